The third-order valence-corrected chi connectivity index (χ3v) is 4.46. The van der Waals surface area contributed by atoms with E-state index >= 15 is 0 Å². The molecule has 2 rings (SSSR count). The fourth-order valence-electron chi connectivity index (χ4n) is 2.89. The Hall–Kier alpha value is -1.23. The molecule has 19 heavy (non-hydrogen) atoms. The van der Waals surface area contributed by atoms with Crippen molar-refractivity contribution in [3.63, 3.8) is 0 Å². The van der Waals surface area contributed by atoms with Crippen molar-refractivity contribution >= 4 is 23.0 Å². The quantitative estimate of drug-likeness (QED) is 0.858. The standard InChI is InChI=1S/C14H22N4S/c1-3-10-4-6-11(7-5-10)18(2)14-12(13(15)19)8-9-16-17-14/h8-11H,3-7H2,1-2H3,(H2,15,19). The molecule has 1 aromatic rings. The smallest absolute Gasteiger partial charge is 0.161 e. The van der Waals surface area contributed by atoms with E-state index in [-0.39, 0.29) is 0 Å². The van der Waals surface area contributed by atoms with Gasteiger partial charge >= 0.3 is 0 Å². The first-order valence-electron chi connectivity index (χ1n) is 6.97. The molecule has 1 aliphatic carbocycles. The van der Waals surface area contributed by atoms with Gasteiger partial charge in [0, 0.05) is 13.1 Å². The molecule has 1 saturated carbocycles. The van der Waals surface area contributed by atoms with Crippen LogP contribution >= 0.6 is 12.2 Å². The average Bonchev–Trinajstić information content (AvgIpc) is 2.46. The van der Waals surface area contributed by atoms with E-state index in [0.29, 0.717) is 11.0 Å². The first-order chi connectivity index (χ1) is 9.13. The number of anilines is 1. The predicted octanol–water partition coefficient (Wildman–Crippen LogP) is 2.52. The van der Waals surface area contributed by atoms with Crippen LogP contribution in [0.1, 0.15) is 44.6 Å². The Balaban J connectivity index is 2.12. The molecule has 0 amide bonds. The monoisotopic (exact) mass is 278 g/mol. The summed E-state index contributed by atoms with van der Waals surface area (Å²) in [6.45, 7) is 2.28. The lowest BCUT2D eigenvalue weighted by molar-refractivity contribution is 0.312. The van der Waals surface area contributed by atoms with Gasteiger partial charge in [0.25, 0.3) is 0 Å². The lowest BCUT2D eigenvalue weighted by atomic mass is 9.84. The van der Waals surface area contributed by atoms with Gasteiger partial charge in [-0.15, -0.1) is 5.10 Å². The molecule has 0 bridgehead atoms. The first-order valence-corrected chi connectivity index (χ1v) is 7.38. The molecule has 104 valence electrons. The van der Waals surface area contributed by atoms with Gasteiger partial charge in [-0.1, -0.05) is 25.6 Å². The van der Waals surface area contributed by atoms with Gasteiger partial charge < -0.3 is 10.6 Å². The van der Waals surface area contributed by atoms with Gasteiger partial charge in [-0.2, -0.15) is 5.10 Å². The van der Waals surface area contributed by atoms with Crippen LogP contribution in [0.25, 0.3) is 0 Å². The van der Waals surface area contributed by atoms with Gasteiger partial charge in [-0.3, -0.25) is 0 Å². The van der Waals surface area contributed by atoms with Crippen LogP contribution < -0.4 is 10.6 Å². The lowest BCUT2D eigenvalue weighted by Gasteiger charge is -2.35. The Morgan fingerprint density at radius 1 is 1.42 bits per heavy atom. The molecule has 5 heteroatoms. The number of nitrogens with two attached hydrogens (primary N) is 1. The minimum Gasteiger partial charge on any atom is -0.389 e. The van der Waals surface area contributed by atoms with E-state index in [0.717, 1.165) is 17.3 Å². The average molecular weight is 278 g/mol. The zero-order valence-corrected chi connectivity index (χ0v) is 12.5. The van der Waals surface area contributed by atoms with Gasteiger partial charge in [0.2, 0.25) is 0 Å². The molecule has 1 heterocycles. The third-order valence-electron chi connectivity index (χ3n) is 4.24. The second-order valence-electron chi connectivity index (χ2n) is 5.33. The lowest BCUT2D eigenvalue weighted by Crippen LogP contribution is -2.37. The van der Waals surface area contributed by atoms with E-state index in [4.69, 9.17) is 18.0 Å². The number of hydrogen-bond donors (Lipinski definition) is 1. The molecule has 4 nitrogen and oxygen atoms in total. The summed E-state index contributed by atoms with van der Waals surface area (Å²) in [5.74, 6) is 1.71. The Morgan fingerprint density at radius 3 is 2.68 bits per heavy atom. The highest BCUT2D eigenvalue weighted by Crippen LogP contribution is 2.31. The van der Waals surface area contributed by atoms with Crippen LogP contribution in [0, 0.1) is 5.92 Å². The largest absolute Gasteiger partial charge is 0.389 e. The van der Waals surface area contributed by atoms with Gasteiger partial charge in [0.05, 0.1) is 11.8 Å². The topological polar surface area (TPSA) is 55.0 Å². The minimum atomic E-state index is 0.388. The summed E-state index contributed by atoms with van der Waals surface area (Å²) in [6.07, 6.45) is 7.95. The highest BCUT2D eigenvalue weighted by Gasteiger charge is 2.25. The maximum atomic E-state index is 5.76. The van der Waals surface area contributed by atoms with Crippen LogP contribution in [0.15, 0.2) is 12.3 Å². The van der Waals surface area contributed by atoms with E-state index < -0.39 is 0 Å². The molecule has 0 spiro atoms. The molecular weight excluding hydrogens is 256 g/mol. The highest BCUT2D eigenvalue weighted by atomic mass is 32.1. The van der Waals surface area contributed by atoms with Gasteiger partial charge in [0.1, 0.15) is 4.99 Å². The van der Waals surface area contributed by atoms with Gasteiger partial charge in [-0.25, -0.2) is 0 Å². The molecule has 0 atom stereocenters. The number of aromatic nitrogens is 2. The summed E-state index contributed by atoms with van der Waals surface area (Å²) in [7, 11) is 2.07. The van der Waals surface area contributed by atoms with Crippen molar-refractivity contribution in [3.8, 4) is 0 Å². The molecule has 1 fully saturated rings. The van der Waals surface area contributed by atoms with Crippen LogP contribution in [0.4, 0.5) is 5.82 Å². The second-order valence-corrected chi connectivity index (χ2v) is 5.77. The molecule has 2 N–H and O–H groups in total. The fraction of sp³-hybridized carbons (Fsp3) is 0.643. The Kier molecular flexibility index (Phi) is 4.69. The molecule has 0 radical (unpaired) electrons. The minimum absolute atomic E-state index is 0.388. The van der Waals surface area contributed by atoms with E-state index in [1.165, 1.54) is 32.1 Å². The van der Waals surface area contributed by atoms with Crippen LogP contribution in [-0.4, -0.2) is 28.3 Å². The van der Waals surface area contributed by atoms with Crippen LogP contribution in [-0.2, 0) is 0 Å². The van der Waals surface area contributed by atoms with Gasteiger partial charge in [-0.05, 0) is 37.7 Å². The third kappa shape index (κ3) is 3.21. The fourth-order valence-corrected chi connectivity index (χ4v) is 3.05. The zero-order valence-electron chi connectivity index (χ0n) is 11.7. The van der Waals surface area contributed by atoms with Crippen molar-refractivity contribution in [2.75, 3.05) is 11.9 Å². The van der Waals surface area contributed by atoms with Crippen LogP contribution in [0.3, 0.4) is 0 Å². The molecule has 1 aliphatic rings. The van der Waals surface area contributed by atoms with Crippen molar-refractivity contribution in [2.24, 2.45) is 11.7 Å². The summed E-state index contributed by atoms with van der Waals surface area (Å²) in [5.41, 5.74) is 6.59. The maximum absolute atomic E-state index is 5.76. The summed E-state index contributed by atoms with van der Waals surface area (Å²) < 4.78 is 0. The van der Waals surface area contributed by atoms with Crippen LogP contribution in [0.5, 0.6) is 0 Å². The highest BCUT2D eigenvalue weighted by molar-refractivity contribution is 7.80. The number of hydrogen-bond acceptors (Lipinski definition) is 4. The zero-order chi connectivity index (χ0) is 13.8. The Labute approximate surface area is 120 Å². The SMILES string of the molecule is CCC1CCC(N(C)c2nnccc2C(N)=S)CC1. The van der Waals surface area contributed by atoms with Crippen molar-refractivity contribution in [1.82, 2.24) is 10.2 Å². The van der Waals surface area contributed by atoms with Crippen molar-refractivity contribution < 1.29 is 0 Å². The molecule has 0 saturated heterocycles. The Bertz CT molecular complexity index is 441. The molecule has 1 aromatic heterocycles. The number of thiocarbonyl (C=S) groups is 1. The van der Waals surface area contributed by atoms with Crippen molar-refractivity contribution in [1.29, 1.82) is 0 Å². The van der Waals surface area contributed by atoms with E-state index in [9.17, 15) is 0 Å². The number of rotatable bonds is 4. The van der Waals surface area contributed by atoms with E-state index in [1.54, 1.807) is 6.20 Å². The first kappa shape index (κ1) is 14.2. The molecule has 0 aliphatic heterocycles. The predicted molar refractivity (Wildman–Crippen MR) is 82.4 cm³/mol. The summed E-state index contributed by atoms with van der Waals surface area (Å²) in [6, 6.07) is 2.37. The van der Waals surface area contributed by atoms with E-state index in [2.05, 4.69) is 29.1 Å². The van der Waals surface area contributed by atoms with Crippen LogP contribution in [0.2, 0.25) is 0 Å². The van der Waals surface area contributed by atoms with Crippen molar-refractivity contribution in [3.05, 3.63) is 17.8 Å². The summed E-state index contributed by atoms with van der Waals surface area (Å²) in [4.78, 5) is 2.59. The second kappa shape index (κ2) is 6.28. The molecular formula is C14H22N4S. The van der Waals surface area contributed by atoms with Crippen molar-refractivity contribution in [2.45, 2.75) is 45.1 Å². The maximum Gasteiger partial charge on any atom is 0.161 e. The van der Waals surface area contributed by atoms with E-state index in [1.807, 2.05) is 6.07 Å². The number of nitrogens with zero attached hydrogens (tertiary/aromatic N) is 3. The van der Waals surface area contributed by atoms with Gasteiger partial charge in [0.15, 0.2) is 5.82 Å². The summed E-state index contributed by atoms with van der Waals surface area (Å²) >= 11 is 5.09. The molecule has 0 unspecified atom stereocenters. The molecule has 0 aromatic carbocycles. The Morgan fingerprint density at radius 2 is 2.11 bits per heavy atom. The summed E-state index contributed by atoms with van der Waals surface area (Å²) in [5, 5.41) is 8.19. The normalized spacial score (nSPS) is 23.1.